The van der Waals surface area contributed by atoms with Gasteiger partial charge in [0.25, 0.3) is 0 Å². The monoisotopic (exact) mass is 244 g/mol. The summed E-state index contributed by atoms with van der Waals surface area (Å²) in [5.74, 6) is -1.73. The van der Waals surface area contributed by atoms with Gasteiger partial charge >= 0.3 is 11.8 Å². The van der Waals surface area contributed by atoms with Gasteiger partial charge < -0.3 is 11.1 Å². The number of hydrogen-bond acceptors (Lipinski definition) is 3. The molecule has 0 aromatic heterocycles. The van der Waals surface area contributed by atoms with Crippen molar-refractivity contribution in [1.29, 1.82) is 0 Å². The number of carbonyl (C=O) groups is 2. The Labute approximate surface area is 94.5 Å². The van der Waals surface area contributed by atoms with Crippen molar-refractivity contribution in [3.63, 3.8) is 0 Å². The van der Waals surface area contributed by atoms with Crippen LogP contribution in [0.4, 0.5) is 17.1 Å². The molecular weight excluding hydrogens is 241 g/mol. The van der Waals surface area contributed by atoms with E-state index >= 15 is 0 Å². The lowest BCUT2D eigenvalue weighted by Gasteiger charge is -2.17. The summed E-state index contributed by atoms with van der Waals surface area (Å²) in [5, 5.41) is 6.08. The van der Waals surface area contributed by atoms with E-state index in [-0.39, 0.29) is 27.1 Å². The van der Waals surface area contributed by atoms with Crippen molar-refractivity contribution in [2.24, 2.45) is 0 Å². The summed E-state index contributed by atoms with van der Waals surface area (Å²) in [4.78, 5) is 22.0. The zero-order chi connectivity index (χ0) is 11.2. The number of nitrogen functional groups attached to an aromatic ring is 1. The summed E-state index contributed by atoms with van der Waals surface area (Å²) in [6.45, 7) is 0. The molecule has 0 saturated heterocycles. The minimum absolute atomic E-state index is 0.0610. The summed E-state index contributed by atoms with van der Waals surface area (Å²) < 4.78 is 0. The number of nitrogens with two attached hydrogens (primary N) is 1. The van der Waals surface area contributed by atoms with Gasteiger partial charge in [0.2, 0.25) is 0 Å². The molecule has 1 aromatic carbocycles. The smallest absolute Gasteiger partial charge is 0.335 e. The van der Waals surface area contributed by atoms with Crippen LogP contribution in [0.3, 0.4) is 0 Å². The third kappa shape index (κ3) is 1.49. The summed E-state index contributed by atoms with van der Waals surface area (Å²) in [6.07, 6.45) is 0. The van der Waals surface area contributed by atoms with Crippen molar-refractivity contribution in [3.8, 4) is 0 Å². The molecule has 2 rings (SSSR count). The molecule has 2 amide bonds. The quantitative estimate of drug-likeness (QED) is 0.533. The number of carbonyl (C=O) groups excluding carboxylic acids is 2. The van der Waals surface area contributed by atoms with Crippen LogP contribution in [0.2, 0.25) is 10.0 Å². The van der Waals surface area contributed by atoms with E-state index in [1.165, 1.54) is 6.07 Å². The van der Waals surface area contributed by atoms with E-state index in [2.05, 4.69) is 10.6 Å². The maximum atomic E-state index is 11.0. The molecular formula is C8H4Cl2N3O2. The van der Waals surface area contributed by atoms with Gasteiger partial charge in [-0.3, -0.25) is 9.59 Å². The summed E-state index contributed by atoms with van der Waals surface area (Å²) in [6, 6.07) is 1.39. The summed E-state index contributed by atoms with van der Waals surface area (Å²) in [5.41, 5.74) is 6.09. The van der Waals surface area contributed by atoms with Crippen LogP contribution in [-0.4, -0.2) is 11.8 Å². The number of halogens is 2. The minimum Gasteiger partial charge on any atom is -0.396 e. The standard InChI is InChI=1S/C8H4Cl2N3O2/c9-2-1-3-6(4(10)5(2)11)13-8(15)7(14)12-3/h1H,11H2,(H,12,14). The largest absolute Gasteiger partial charge is 0.396 e. The van der Waals surface area contributed by atoms with Crippen molar-refractivity contribution in [2.45, 2.75) is 0 Å². The molecule has 0 bridgehead atoms. The van der Waals surface area contributed by atoms with Crippen LogP contribution in [0.15, 0.2) is 6.07 Å². The van der Waals surface area contributed by atoms with Crippen LogP contribution in [0.5, 0.6) is 0 Å². The molecule has 0 spiro atoms. The molecule has 0 unspecified atom stereocenters. The van der Waals surface area contributed by atoms with E-state index in [0.717, 1.165) is 0 Å². The van der Waals surface area contributed by atoms with Crippen LogP contribution in [0.1, 0.15) is 0 Å². The SMILES string of the molecule is Nc1c(Cl)cc2c(c1Cl)[N]C(=O)C(=O)N2. The fraction of sp³-hybridized carbons (Fsp3) is 0. The normalized spacial score (nSPS) is 14.3. The van der Waals surface area contributed by atoms with Gasteiger partial charge in [0, 0.05) is 0 Å². The average Bonchev–Trinajstić information content (AvgIpc) is 2.19. The molecule has 15 heavy (non-hydrogen) atoms. The Bertz CT molecular complexity index is 487. The van der Waals surface area contributed by atoms with E-state index < -0.39 is 11.8 Å². The highest BCUT2D eigenvalue weighted by Crippen LogP contribution is 2.41. The van der Waals surface area contributed by atoms with Crippen molar-refractivity contribution < 1.29 is 9.59 Å². The molecule has 1 aliphatic rings. The van der Waals surface area contributed by atoms with Crippen molar-refractivity contribution >= 4 is 52.1 Å². The van der Waals surface area contributed by atoms with Gasteiger partial charge in [-0.05, 0) is 6.07 Å². The maximum absolute atomic E-state index is 11.0. The number of benzene rings is 1. The molecule has 77 valence electrons. The number of anilines is 2. The number of nitrogens with one attached hydrogen (secondary N) is 1. The Kier molecular flexibility index (Phi) is 2.21. The van der Waals surface area contributed by atoms with Gasteiger partial charge in [-0.2, -0.15) is 0 Å². The molecule has 1 radical (unpaired) electrons. The van der Waals surface area contributed by atoms with Gasteiger partial charge in [0.05, 0.1) is 21.4 Å². The third-order valence-corrected chi connectivity index (χ3v) is 2.58. The Morgan fingerprint density at radius 2 is 2.00 bits per heavy atom. The van der Waals surface area contributed by atoms with Crippen LogP contribution in [0, 0.1) is 0 Å². The van der Waals surface area contributed by atoms with E-state index in [9.17, 15) is 9.59 Å². The lowest BCUT2D eigenvalue weighted by atomic mass is 10.2. The Morgan fingerprint density at radius 3 is 2.67 bits per heavy atom. The molecule has 1 aromatic rings. The van der Waals surface area contributed by atoms with E-state index in [4.69, 9.17) is 28.9 Å². The minimum atomic E-state index is -0.911. The van der Waals surface area contributed by atoms with Crippen LogP contribution in [-0.2, 0) is 9.59 Å². The Morgan fingerprint density at radius 1 is 1.33 bits per heavy atom. The maximum Gasteiger partial charge on any atom is 0.335 e. The summed E-state index contributed by atoms with van der Waals surface area (Å²) in [7, 11) is 0. The number of fused-ring (bicyclic) bond motifs is 1. The number of hydrogen-bond donors (Lipinski definition) is 2. The highest BCUT2D eigenvalue weighted by Gasteiger charge is 2.28. The van der Waals surface area contributed by atoms with E-state index in [1.807, 2.05) is 0 Å². The lowest BCUT2D eigenvalue weighted by molar-refractivity contribution is -0.135. The summed E-state index contributed by atoms with van der Waals surface area (Å²) >= 11 is 11.6. The predicted molar refractivity (Wildman–Crippen MR) is 56.3 cm³/mol. The topological polar surface area (TPSA) is 86.3 Å². The van der Waals surface area contributed by atoms with Gasteiger partial charge in [-0.15, -0.1) is 0 Å². The highest BCUT2D eigenvalue weighted by molar-refractivity contribution is 6.46. The fourth-order valence-electron chi connectivity index (χ4n) is 1.16. The van der Waals surface area contributed by atoms with E-state index in [1.54, 1.807) is 0 Å². The van der Waals surface area contributed by atoms with Crippen LogP contribution >= 0.6 is 23.2 Å². The molecule has 5 nitrogen and oxygen atoms in total. The van der Waals surface area contributed by atoms with Crippen molar-refractivity contribution in [2.75, 3.05) is 11.1 Å². The first kappa shape index (κ1) is 10.1. The molecule has 3 N–H and O–H groups in total. The van der Waals surface area contributed by atoms with Crippen LogP contribution in [0.25, 0.3) is 0 Å². The van der Waals surface area contributed by atoms with Gasteiger partial charge in [-0.1, -0.05) is 23.2 Å². The zero-order valence-electron chi connectivity index (χ0n) is 7.17. The Hall–Kier alpha value is -1.46. The first-order chi connectivity index (χ1) is 7.00. The third-order valence-electron chi connectivity index (χ3n) is 1.88. The predicted octanol–water partition coefficient (Wildman–Crippen LogP) is 1.29. The van der Waals surface area contributed by atoms with Gasteiger partial charge in [0.1, 0.15) is 5.69 Å². The second-order valence-corrected chi connectivity index (χ2v) is 3.64. The van der Waals surface area contributed by atoms with Gasteiger partial charge in [-0.25, -0.2) is 5.32 Å². The number of nitrogens with zero attached hydrogens (tertiary/aromatic N) is 1. The number of amides is 2. The average molecular weight is 245 g/mol. The van der Waals surface area contributed by atoms with E-state index in [0.29, 0.717) is 0 Å². The highest BCUT2D eigenvalue weighted by atomic mass is 35.5. The molecule has 0 aliphatic carbocycles. The number of rotatable bonds is 0. The second-order valence-electron chi connectivity index (χ2n) is 2.85. The van der Waals surface area contributed by atoms with Gasteiger partial charge in [0.15, 0.2) is 0 Å². The second kappa shape index (κ2) is 3.29. The molecule has 0 fully saturated rings. The van der Waals surface area contributed by atoms with Crippen molar-refractivity contribution in [1.82, 2.24) is 5.32 Å². The molecule has 7 heteroatoms. The molecule has 0 atom stereocenters. The first-order valence-corrected chi connectivity index (χ1v) is 4.61. The molecule has 1 aliphatic heterocycles. The lowest BCUT2D eigenvalue weighted by Crippen LogP contribution is -2.33. The molecule has 0 saturated carbocycles. The fourth-order valence-corrected chi connectivity index (χ4v) is 1.65. The Balaban J connectivity index is 2.63. The van der Waals surface area contributed by atoms with Crippen molar-refractivity contribution in [3.05, 3.63) is 16.1 Å². The first-order valence-electron chi connectivity index (χ1n) is 3.85. The zero-order valence-corrected chi connectivity index (χ0v) is 8.69. The van der Waals surface area contributed by atoms with Crippen LogP contribution < -0.4 is 16.4 Å². The molecule has 1 heterocycles.